The van der Waals surface area contributed by atoms with Crippen molar-refractivity contribution in [3.8, 4) is 0 Å². The zero-order valence-electron chi connectivity index (χ0n) is 45.9. The molecule has 0 fully saturated rings. The lowest BCUT2D eigenvalue weighted by Gasteiger charge is -2.29. The summed E-state index contributed by atoms with van der Waals surface area (Å²) in [6.45, 7) is 14.9. The molecule has 0 spiro atoms. The van der Waals surface area contributed by atoms with Crippen LogP contribution in [0.15, 0.2) is 144 Å². The van der Waals surface area contributed by atoms with Crippen LogP contribution in [0.2, 0.25) is 0 Å². The summed E-state index contributed by atoms with van der Waals surface area (Å²) >= 11 is 0. The van der Waals surface area contributed by atoms with Crippen LogP contribution in [-0.4, -0.2) is 88.5 Å². The fourth-order valence-corrected chi connectivity index (χ4v) is 6.90. The minimum Gasteiger partial charge on any atom is -0.467 e. The van der Waals surface area contributed by atoms with E-state index >= 15 is 0 Å². The Bertz CT molecular complexity index is 2960. The van der Waals surface area contributed by atoms with E-state index in [4.69, 9.17) is 10.5 Å². The molecule has 0 aliphatic carbocycles. The molecule has 1 atom stereocenters. The maximum Gasteiger partial charge on any atom is 0.328 e. The Kier molecular flexibility index (Phi) is 21.5. The lowest BCUT2D eigenvalue weighted by molar-refractivity contribution is -0.145. The van der Waals surface area contributed by atoms with Gasteiger partial charge in [-0.3, -0.25) is 38.4 Å². The maximum atomic E-state index is 14.3. The van der Waals surface area contributed by atoms with Crippen LogP contribution in [0.4, 0.5) is 0 Å². The van der Waals surface area contributed by atoms with Gasteiger partial charge in [-0.15, -0.1) is 0 Å². The number of carbonyl (C=O) groups is 9. The standard InChI is InChI=1S/C59H71N9O10/c1-37(2)32-46(51(73)78-11)61-47(69)42(33-38-24-16-12-17-25-38)63-53(75)57(5,6)67-49(71)44(35-40-28-20-14-21-29-40)65-55(77)59(9,10)68-50(72)45(36-41-30-22-15-23-31-41)64-54(76)58(7,8)66-48(70)43(62-52(74)56(3,4)60)34-39-26-18-13-19-27-39/h12-31,33-37,46H,32,60H2,1-11H3,(H,61,69)(H,62,74)(H,63,75)(H,64,76)(H,65,77)(H,66,70)(H,67,71)(H,68,72)/b42-33-,43-34-,44-35-,45-36-/t46-/m0/s1. The predicted molar refractivity (Wildman–Crippen MR) is 299 cm³/mol. The van der Waals surface area contributed by atoms with Gasteiger partial charge in [-0.1, -0.05) is 135 Å². The largest absolute Gasteiger partial charge is 0.467 e. The van der Waals surface area contributed by atoms with Crippen molar-refractivity contribution >= 4 is 77.5 Å². The zero-order valence-corrected chi connectivity index (χ0v) is 45.9. The minimum atomic E-state index is -1.83. The number of methoxy groups -OCH3 is 1. The number of hydrogen-bond donors (Lipinski definition) is 9. The van der Waals surface area contributed by atoms with E-state index < -0.39 is 81.4 Å². The third-order valence-corrected chi connectivity index (χ3v) is 11.5. The van der Waals surface area contributed by atoms with Crippen molar-refractivity contribution < 1.29 is 47.9 Å². The monoisotopic (exact) mass is 1070 g/mol. The summed E-state index contributed by atoms with van der Waals surface area (Å²) in [4.78, 5) is 125. The van der Waals surface area contributed by atoms with E-state index in [1.54, 1.807) is 121 Å². The number of rotatable bonds is 23. The van der Waals surface area contributed by atoms with Gasteiger partial charge in [-0.25, -0.2) is 4.79 Å². The topological polar surface area (TPSA) is 285 Å². The van der Waals surface area contributed by atoms with Crippen LogP contribution in [0.1, 0.15) is 97.9 Å². The van der Waals surface area contributed by atoms with Gasteiger partial charge < -0.3 is 53.0 Å². The Morgan fingerprint density at radius 1 is 0.436 bits per heavy atom. The molecule has 0 saturated heterocycles. The maximum absolute atomic E-state index is 14.3. The van der Waals surface area contributed by atoms with E-state index in [9.17, 15) is 43.2 Å². The minimum absolute atomic E-state index is 0.0144. The molecule has 4 rings (SSSR count). The number of carbonyl (C=O) groups excluding carboxylic acids is 9. The molecule has 0 aliphatic rings. The Balaban J connectivity index is 1.60. The molecular formula is C59H71N9O10. The van der Waals surface area contributed by atoms with Gasteiger partial charge in [0.15, 0.2) is 0 Å². The molecular weight excluding hydrogens is 995 g/mol. The molecule has 19 heteroatoms. The van der Waals surface area contributed by atoms with E-state index in [-0.39, 0.29) is 35.1 Å². The molecule has 412 valence electrons. The molecule has 0 unspecified atom stereocenters. The van der Waals surface area contributed by atoms with Crippen LogP contribution in [0, 0.1) is 5.92 Å². The number of hydrogen-bond acceptors (Lipinski definition) is 11. The summed E-state index contributed by atoms with van der Waals surface area (Å²) in [6.07, 6.45) is 5.78. The lowest BCUT2D eigenvalue weighted by atomic mass is 10.0. The van der Waals surface area contributed by atoms with Crippen LogP contribution in [-0.2, 0) is 47.9 Å². The van der Waals surface area contributed by atoms with Gasteiger partial charge in [0.2, 0.25) is 23.6 Å². The van der Waals surface area contributed by atoms with Crippen LogP contribution >= 0.6 is 0 Å². The van der Waals surface area contributed by atoms with Gasteiger partial charge >= 0.3 is 5.97 Å². The summed E-state index contributed by atoms with van der Waals surface area (Å²) in [5.41, 5.74) is 0.168. The molecule has 0 saturated carbocycles. The van der Waals surface area contributed by atoms with Gasteiger partial charge in [0.05, 0.1) is 12.6 Å². The highest BCUT2D eigenvalue weighted by atomic mass is 16.5. The summed E-state index contributed by atoms with van der Waals surface area (Å²) < 4.78 is 4.92. The summed E-state index contributed by atoms with van der Waals surface area (Å²) in [5, 5.41) is 20.8. The average Bonchev–Trinajstić information content (AvgIpc) is 3.40. The number of nitrogens with one attached hydrogen (secondary N) is 8. The molecule has 4 aromatic rings. The Morgan fingerprint density at radius 3 is 0.936 bits per heavy atom. The highest BCUT2D eigenvalue weighted by molar-refractivity contribution is 6.10. The number of nitrogens with two attached hydrogens (primary N) is 1. The second-order valence-corrected chi connectivity index (χ2v) is 20.8. The third-order valence-electron chi connectivity index (χ3n) is 11.5. The van der Waals surface area contributed by atoms with Gasteiger partial charge in [0, 0.05) is 0 Å². The first-order chi connectivity index (χ1) is 36.5. The van der Waals surface area contributed by atoms with Crippen molar-refractivity contribution in [1.29, 1.82) is 0 Å². The Morgan fingerprint density at radius 2 is 0.692 bits per heavy atom. The van der Waals surface area contributed by atoms with Gasteiger partial charge in [-0.05, 0) is 114 Å². The average molecular weight is 1070 g/mol. The summed E-state index contributed by atoms with van der Waals surface area (Å²) in [5.74, 6) is -7.52. The molecule has 0 heterocycles. The highest BCUT2D eigenvalue weighted by Gasteiger charge is 2.38. The first kappa shape index (κ1) is 61.6. The van der Waals surface area contributed by atoms with Crippen molar-refractivity contribution in [2.45, 2.75) is 104 Å². The number of benzene rings is 4. The highest BCUT2D eigenvalue weighted by Crippen LogP contribution is 2.17. The van der Waals surface area contributed by atoms with Crippen molar-refractivity contribution in [1.82, 2.24) is 42.5 Å². The van der Waals surface area contributed by atoms with Crippen LogP contribution < -0.4 is 48.3 Å². The number of esters is 1. The van der Waals surface area contributed by atoms with Crippen LogP contribution in [0.3, 0.4) is 0 Å². The second kappa shape index (κ2) is 27.2. The first-order valence-corrected chi connectivity index (χ1v) is 25.0. The summed E-state index contributed by atoms with van der Waals surface area (Å²) in [7, 11) is 1.20. The number of amides is 8. The van der Waals surface area contributed by atoms with Gasteiger partial charge in [0.1, 0.15) is 45.4 Å². The molecule has 8 amide bonds. The van der Waals surface area contributed by atoms with E-state index in [0.717, 1.165) is 0 Å². The zero-order chi connectivity index (χ0) is 58.0. The normalized spacial score (nSPS) is 13.0. The Labute approximate surface area is 455 Å². The van der Waals surface area contributed by atoms with Gasteiger partial charge in [-0.2, -0.15) is 0 Å². The first-order valence-electron chi connectivity index (χ1n) is 25.0. The van der Waals surface area contributed by atoms with Crippen molar-refractivity contribution in [3.05, 3.63) is 166 Å². The molecule has 0 radical (unpaired) electrons. The molecule has 10 N–H and O–H groups in total. The lowest BCUT2D eigenvalue weighted by Crippen LogP contribution is -2.60. The van der Waals surface area contributed by atoms with E-state index in [0.29, 0.717) is 22.3 Å². The Hall–Kier alpha value is -8.97. The van der Waals surface area contributed by atoms with E-state index in [2.05, 4.69) is 42.5 Å². The van der Waals surface area contributed by atoms with Crippen molar-refractivity contribution in [2.24, 2.45) is 11.7 Å². The fraction of sp³-hybridized carbons (Fsp3) is 0.305. The smallest absolute Gasteiger partial charge is 0.328 e. The van der Waals surface area contributed by atoms with Crippen molar-refractivity contribution in [2.75, 3.05) is 7.11 Å². The molecule has 0 aromatic heterocycles. The SMILES string of the molecule is COC(=O)[C@H](CC(C)C)NC(=O)/C(=C/c1ccccc1)NC(=O)C(C)(C)NC(=O)/C(=C/c1ccccc1)NC(=O)C(C)(C)NC(=O)/C(=C/c1ccccc1)NC(=O)C(C)(C)NC(=O)/C(=C/c1ccccc1)NC(=O)C(C)(C)N. The van der Waals surface area contributed by atoms with Crippen LogP contribution in [0.5, 0.6) is 0 Å². The fourth-order valence-electron chi connectivity index (χ4n) is 6.90. The third kappa shape index (κ3) is 19.0. The van der Waals surface area contributed by atoms with E-state index in [1.807, 2.05) is 13.8 Å². The molecule has 19 nitrogen and oxygen atoms in total. The molecule has 0 aliphatic heterocycles. The molecule has 4 aromatic carbocycles. The van der Waals surface area contributed by atoms with Gasteiger partial charge in [0.25, 0.3) is 23.6 Å². The quantitative estimate of drug-likeness (QED) is 0.0361. The molecule has 78 heavy (non-hydrogen) atoms. The van der Waals surface area contributed by atoms with E-state index in [1.165, 1.54) is 86.8 Å². The molecule has 0 bridgehead atoms. The second-order valence-electron chi connectivity index (χ2n) is 20.8. The van der Waals surface area contributed by atoms with Crippen molar-refractivity contribution in [3.63, 3.8) is 0 Å². The van der Waals surface area contributed by atoms with Crippen LogP contribution in [0.25, 0.3) is 24.3 Å². The number of ether oxygens (including phenoxy) is 1. The predicted octanol–water partition coefficient (Wildman–Crippen LogP) is 4.74. The summed E-state index contributed by atoms with van der Waals surface area (Å²) in [6, 6.07) is 33.2.